The maximum absolute atomic E-state index is 11.6. The molecule has 0 bridgehead atoms. The SMILES string of the molecule is C[C@H](O)[C@@H](O)c1nc2c(=O)[nH]c(N)nc2[nH]c1=O. The van der Waals surface area contributed by atoms with Gasteiger partial charge in [-0.3, -0.25) is 14.6 Å². The third-order valence-electron chi connectivity index (χ3n) is 2.35. The summed E-state index contributed by atoms with van der Waals surface area (Å²) in [7, 11) is 0. The lowest BCUT2D eigenvalue weighted by molar-refractivity contribution is 0.0271. The Labute approximate surface area is 99.3 Å². The molecule has 18 heavy (non-hydrogen) atoms. The molecule has 96 valence electrons. The molecule has 0 aromatic carbocycles. The lowest BCUT2D eigenvalue weighted by Crippen LogP contribution is -2.27. The lowest BCUT2D eigenvalue weighted by Gasteiger charge is -2.11. The summed E-state index contributed by atoms with van der Waals surface area (Å²) >= 11 is 0. The molecule has 0 radical (unpaired) electrons. The molecule has 2 aromatic rings. The molecule has 0 aliphatic carbocycles. The number of nitrogens with one attached hydrogen (secondary N) is 2. The summed E-state index contributed by atoms with van der Waals surface area (Å²) in [5, 5.41) is 18.8. The molecule has 0 spiro atoms. The number of hydrogen-bond acceptors (Lipinski definition) is 7. The third-order valence-corrected chi connectivity index (χ3v) is 2.35. The van der Waals surface area contributed by atoms with Crippen LogP contribution in [-0.2, 0) is 0 Å². The first-order valence-corrected chi connectivity index (χ1v) is 5.06. The van der Waals surface area contributed by atoms with Crippen LogP contribution in [0.2, 0.25) is 0 Å². The minimum atomic E-state index is -1.49. The quantitative estimate of drug-likeness (QED) is 0.414. The molecule has 0 amide bonds. The molecule has 2 aromatic heterocycles. The van der Waals surface area contributed by atoms with Gasteiger partial charge in [0.2, 0.25) is 5.95 Å². The number of aliphatic hydroxyl groups excluding tert-OH is 2. The molecule has 9 nitrogen and oxygen atoms in total. The van der Waals surface area contributed by atoms with E-state index in [-0.39, 0.29) is 22.8 Å². The summed E-state index contributed by atoms with van der Waals surface area (Å²) in [4.78, 5) is 35.1. The van der Waals surface area contributed by atoms with E-state index in [2.05, 4.69) is 19.9 Å². The van der Waals surface area contributed by atoms with Crippen molar-refractivity contribution in [2.75, 3.05) is 5.73 Å². The van der Waals surface area contributed by atoms with Gasteiger partial charge < -0.3 is 20.9 Å². The van der Waals surface area contributed by atoms with E-state index in [9.17, 15) is 19.8 Å². The van der Waals surface area contributed by atoms with Gasteiger partial charge >= 0.3 is 0 Å². The summed E-state index contributed by atoms with van der Waals surface area (Å²) in [5.74, 6) is -0.159. The second kappa shape index (κ2) is 4.20. The second-order valence-electron chi connectivity index (χ2n) is 3.78. The van der Waals surface area contributed by atoms with Crippen molar-refractivity contribution in [2.24, 2.45) is 0 Å². The fraction of sp³-hybridized carbons (Fsp3) is 0.333. The number of aromatic amines is 2. The van der Waals surface area contributed by atoms with Crippen LogP contribution in [0.5, 0.6) is 0 Å². The fourth-order valence-corrected chi connectivity index (χ4v) is 1.45. The molecule has 0 saturated carbocycles. The van der Waals surface area contributed by atoms with Gasteiger partial charge in [-0.05, 0) is 6.92 Å². The van der Waals surface area contributed by atoms with Gasteiger partial charge in [-0.15, -0.1) is 0 Å². The zero-order valence-electron chi connectivity index (χ0n) is 9.34. The molecule has 2 heterocycles. The third kappa shape index (κ3) is 1.96. The van der Waals surface area contributed by atoms with Gasteiger partial charge in [0.15, 0.2) is 11.2 Å². The smallest absolute Gasteiger partial charge is 0.280 e. The zero-order valence-corrected chi connectivity index (χ0v) is 9.34. The van der Waals surface area contributed by atoms with Crippen molar-refractivity contribution in [1.82, 2.24) is 19.9 Å². The van der Waals surface area contributed by atoms with E-state index in [1.165, 1.54) is 6.92 Å². The van der Waals surface area contributed by atoms with Crippen LogP contribution in [-0.4, -0.2) is 36.3 Å². The van der Waals surface area contributed by atoms with Crippen LogP contribution < -0.4 is 16.9 Å². The number of hydrogen-bond donors (Lipinski definition) is 5. The number of fused-ring (bicyclic) bond motifs is 1. The molecular formula is C9H11N5O4. The highest BCUT2D eigenvalue weighted by Gasteiger charge is 2.20. The van der Waals surface area contributed by atoms with Gasteiger partial charge in [0.1, 0.15) is 11.8 Å². The summed E-state index contributed by atoms with van der Waals surface area (Å²) in [6.07, 6.45) is -2.69. The molecule has 0 aliphatic rings. The molecule has 0 saturated heterocycles. The Morgan fingerprint density at radius 2 is 1.83 bits per heavy atom. The van der Waals surface area contributed by atoms with Gasteiger partial charge in [-0.25, -0.2) is 4.98 Å². The number of rotatable bonds is 2. The van der Waals surface area contributed by atoms with E-state index in [0.29, 0.717) is 0 Å². The molecular weight excluding hydrogens is 242 g/mol. The van der Waals surface area contributed by atoms with E-state index < -0.39 is 23.3 Å². The molecule has 0 fully saturated rings. The first-order valence-electron chi connectivity index (χ1n) is 5.06. The van der Waals surface area contributed by atoms with Crippen molar-refractivity contribution < 1.29 is 10.2 Å². The molecule has 9 heteroatoms. The van der Waals surface area contributed by atoms with Crippen LogP contribution in [0.15, 0.2) is 9.59 Å². The zero-order chi connectivity index (χ0) is 13.4. The first kappa shape index (κ1) is 12.2. The lowest BCUT2D eigenvalue weighted by atomic mass is 10.1. The van der Waals surface area contributed by atoms with E-state index in [1.54, 1.807) is 0 Å². The number of aromatic nitrogens is 4. The number of nitrogens with two attached hydrogens (primary N) is 1. The number of anilines is 1. The van der Waals surface area contributed by atoms with E-state index in [1.807, 2.05) is 0 Å². The van der Waals surface area contributed by atoms with Crippen LogP contribution in [0.4, 0.5) is 5.95 Å². The van der Waals surface area contributed by atoms with Gasteiger partial charge in [-0.2, -0.15) is 4.98 Å². The highest BCUT2D eigenvalue weighted by Crippen LogP contribution is 2.11. The number of H-pyrrole nitrogens is 2. The van der Waals surface area contributed by atoms with Crippen LogP contribution in [0.3, 0.4) is 0 Å². The highest BCUT2D eigenvalue weighted by atomic mass is 16.3. The average Bonchev–Trinajstić information content (AvgIpc) is 2.26. The minimum absolute atomic E-state index is 0.0807. The summed E-state index contributed by atoms with van der Waals surface area (Å²) < 4.78 is 0. The molecule has 0 unspecified atom stereocenters. The van der Waals surface area contributed by atoms with Crippen LogP contribution in [0, 0.1) is 0 Å². The number of nitrogen functional groups attached to an aromatic ring is 1. The predicted molar refractivity (Wildman–Crippen MR) is 61.8 cm³/mol. The van der Waals surface area contributed by atoms with Gasteiger partial charge in [-0.1, -0.05) is 0 Å². The predicted octanol–water partition coefficient (Wildman–Crippen LogP) is -2.00. The Morgan fingerprint density at radius 1 is 1.17 bits per heavy atom. The highest BCUT2D eigenvalue weighted by molar-refractivity contribution is 5.69. The van der Waals surface area contributed by atoms with E-state index >= 15 is 0 Å². The molecule has 2 atom stereocenters. The number of aliphatic hydroxyl groups is 2. The van der Waals surface area contributed by atoms with Gasteiger partial charge in [0.25, 0.3) is 11.1 Å². The maximum atomic E-state index is 11.6. The van der Waals surface area contributed by atoms with Gasteiger partial charge in [0, 0.05) is 0 Å². The normalized spacial score (nSPS) is 14.6. The summed E-state index contributed by atoms with van der Waals surface area (Å²) in [6.45, 7) is 1.29. The van der Waals surface area contributed by atoms with Crippen LogP contribution in [0.1, 0.15) is 18.7 Å². The van der Waals surface area contributed by atoms with Crippen LogP contribution >= 0.6 is 0 Å². The van der Waals surface area contributed by atoms with Crippen molar-refractivity contribution in [3.05, 3.63) is 26.4 Å². The Balaban J connectivity index is 2.77. The largest absolute Gasteiger partial charge is 0.390 e. The van der Waals surface area contributed by atoms with Gasteiger partial charge in [0.05, 0.1) is 6.10 Å². The van der Waals surface area contributed by atoms with Crippen molar-refractivity contribution in [2.45, 2.75) is 19.1 Å². The minimum Gasteiger partial charge on any atom is -0.390 e. The van der Waals surface area contributed by atoms with E-state index in [4.69, 9.17) is 5.73 Å². The summed E-state index contributed by atoms with van der Waals surface area (Å²) in [5.41, 5.74) is 3.33. The number of nitrogens with zero attached hydrogens (tertiary/aromatic N) is 2. The molecule has 0 aliphatic heterocycles. The topological polar surface area (TPSA) is 158 Å². The second-order valence-corrected chi connectivity index (χ2v) is 3.78. The standard InChI is InChI=1S/C9H11N5O4/c1-2(15)5(16)3-7(17)12-6-4(11-3)8(18)14-9(10)13-6/h2,5,15-16H,1H3,(H4,10,12,13,14,17,18)/t2-,5+/m0/s1. The monoisotopic (exact) mass is 253 g/mol. The van der Waals surface area contributed by atoms with Crippen molar-refractivity contribution in [3.63, 3.8) is 0 Å². The fourth-order valence-electron chi connectivity index (χ4n) is 1.45. The maximum Gasteiger partial charge on any atom is 0.280 e. The van der Waals surface area contributed by atoms with E-state index in [0.717, 1.165) is 0 Å². The van der Waals surface area contributed by atoms with Crippen molar-refractivity contribution in [1.29, 1.82) is 0 Å². The molecule has 2 rings (SSSR count). The Bertz CT molecular complexity index is 704. The summed E-state index contributed by atoms with van der Waals surface area (Å²) in [6, 6.07) is 0. The Morgan fingerprint density at radius 3 is 2.44 bits per heavy atom. The van der Waals surface area contributed by atoms with Crippen molar-refractivity contribution in [3.8, 4) is 0 Å². The average molecular weight is 253 g/mol. The first-order chi connectivity index (χ1) is 8.40. The Kier molecular flexibility index (Phi) is 2.85. The molecule has 6 N–H and O–H groups in total. The Hall–Kier alpha value is -2.26. The van der Waals surface area contributed by atoms with Crippen molar-refractivity contribution >= 4 is 17.1 Å². The van der Waals surface area contributed by atoms with Crippen LogP contribution in [0.25, 0.3) is 11.2 Å².